The van der Waals surface area contributed by atoms with E-state index in [4.69, 9.17) is 10.5 Å². The second-order valence-electron chi connectivity index (χ2n) is 6.11. The first kappa shape index (κ1) is 17.7. The lowest BCUT2D eigenvalue weighted by Crippen LogP contribution is -2.48. The maximum atomic E-state index is 12.4. The van der Waals surface area contributed by atoms with E-state index in [0.717, 1.165) is 19.4 Å². The number of anilines is 1. The van der Waals surface area contributed by atoms with E-state index >= 15 is 0 Å². The van der Waals surface area contributed by atoms with Crippen LogP contribution in [0.4, 0.5) is 5.82 Å². The van der Waals surface area contributed by atoms with Gasteiger partial charge in [0, 0.05) is 24.7 Å². The van der Waals surface area contributed by atoms with Gasteiger partial charge in [0.25, 0.3) is 11.8 Å². The number of primary amides is 1. The molecule has 1 aliphatic heterocycles. The van der Waals surface area contributed by atoms with Crippen LogP contribution in [0, 0.1) is 0 Å². The van der Waals surface area contributed by atoms with Gasteiger partial charge in [-0.15, -0.1) is 0 Å². The smallest absolute Gasteiger partial charge is 0.268 e. The number of nitrogens with two attached hydrogens (primary N) is 1. The van der Waals surface area contributed by atoms with Crippen molar-refractivity contribution in [1.82, 2.24) is 15.3 Å². The number of nitrogens with one attached hydrogen (secondary N) is 1. The summed E-state index contributed by atoms with van der Waals surface area (Å²) < 4.78 is 5.10. The van der Waals surface area contributed by atoms with Crippen LogP contribution in [0.1, 0.15) is 33.7 Å². The molecule has 1 atom stereocenters. The van der Waals surface area contributed by atoms with Crippen molar-refractivity contribution in [2.24, 2.45) is 5.73 Å². The fraction of sp³-hybridized carbons (Fsp3) is 0.333. The molecule has 136 valence electrons. The van der Waals surface area contributed by atoms with Gasteiger partial charge in [0.15, 0.2) is 0 Å². The molecule has 2 heterocycles. The molecule has 2 aromatic rings. The molecule has 1 aliphatic rings. The summed E-state index contributed by atoms with van der Waals surface area (Å²) in [7, 11) is 1.59. The van der Waals surface area contributed by atoms with E-state index in [1.807, 2.05) is 4.90 Å². The molecule has 26 heavy (non-hydrogen) atoms. The highest BCUT2D eigenvalue weighted by atomic mass is 16.5. The van der Waals surface area contributed by atoms with E-state index in [9.17, 15) is 9.59 Å². The first-order valence-corrected chi connectivity index (χ1v) is 8.38. The number of hydrogen-bond donors (Lipinski definition) is 2. The van der Waals surface area contributed by atoms with Gasteiger partial charge in [-0.2, -0.15) is 0 Å². The Labute approximate surface area is 151 Å². The Morgan fingerprint density at radius 1 is 1.23 bits per heavy atom. The fourth-order valence-electron chi connectivity index (χ4n) is 2.93. The third-order valence-corrected chi connectivity index (χ3v) is 4.32. The van der Waals surface area contributed by atoms with Gasteiger partial charge in [-0.1, -0.05) is 0 Å². The summed E-state index contributed by atoms with van der Waals surface area (Å²) >= 11 is 0. The van der Waals surface area contributed by atoms with Gasteiger partial charge in [0.1, 0.15) is 17.3 Å². The van der Waals surface area contributed by atoms with Crippen LogP contribution < -0.4 is 20.7 Å². The number of benzene rings is 1. The lowest BCUT2D eigenvalue weighted by molar-refractivity contribution is 0.0931. The maximum Gasteiger partial charge on any atom is 0.268 e. The van der Waals surface area contributed by atoms with Gasteiger partial charge in [-0.05, 0) is 37.1 Å². The van der Waals surface area contributed by atoms with E-state index < -0.39 is 5.91 Å². The summed E-state index contributed by atoms with van der Waals surface area (Å²) in [6, 6.07) is 7.01. The van der Waals surface area contributed by atoms with E-state index in [1.165, 1.54) is 12.4 Å². The van der Waals surface area contributed by atoms with Crippen molar-refractivity contribution in [2.45, 2.75) is 18.9 Å². The molecule has 1 fully saturated rings. The molecule has 0 radical (unpaired) electrons. The van der Waals surface area contributed by atoms with Crippen molar-refractivity contribution in [3.63, 3.8) is 0 Å². The normalized spacial score (nSPS) is 16.8. The standard InChI is InChI=1S/C18H21N5O3/c1-26-14-6-4-12(5-7-14)18(25)22-13-3-2-8-23(11-13)16-10-20-15(9-21-16)17(19)24/h4-7,9-10,13H,2-3,8,11H2,1H3,(H2,19,24)(H,22,25)/t13-/m1/s1. The average Bonchev–Trinajstić information content (AvgIpc) is 2.68. The van der Waals surface area contributed by atoms with E-state index in [-0.39, 0.29) is 17.6 Å². The highest BCUT2D eigenvalue weighted by molar-refractivity contribution is 5.94. The number of aromatic nitrogens is 2. The van der Waals surface area contributed by atoms with Gasteiger partial charge in [0.2, 0.25) is 0 Å². The van der Waals surface area contributed by atoms with E-state index in [2.05, 4.69) is 15.3 Å². The van der Waals surface area contributed by atoms with E-state index in [1.54, 1.807) is 31.4 Å². The number of carbonyl (C=O) groups excluding carboxylic acids is 2. The number of nitrogens with zero attached hydrogens (tertiary/aromatic N) is 3. The number of hydrogen-bond acceptors (Lipinski definition) is 6. The topological polar surface area (TPSA) is 110 Å². The van der Waals surface area contributed by atoms with Crippen LogP contribution in [-0.4, -0.2) is 48.0 Å². The molecule has 3 rings (SSSR count). The molecule has 0 unspecified atom stereocenters. The predicted molar refractivity (Wildman–Crippen MR) is 96.2 cm³/mol. The number of amides is 2. The molecule has 8 nitrogen and oxygen atoms in total. The maximum absolute atomic E-state index is 12.4. The number of piperidine rings is 1. The van der Waals surface area contributed by atoms with Crippen LogP contribution in [0.3, 0.4) is 0 Å². The minimum Gasteiger partial charge on any atom is -0.497 e. The van der Waals surface area contributed by atoms with Crippen molar-refractivity contribution >= 4 is 17.6 Å². The minimum absolute atomic E-state index is 0.0102. The van der Waals surface area contributed by atoms with Crippen molar-refractivity contribution in [1.29, 1.82) is 0 Å². The Morgan fingerprint density at radius 2 is 2.00 bits per heavy atom. The van der Waals surface area contributed by atoms with Crippen LogP contribution in [-0.2, 0) is 0 Å². The Balaban J connectivity index is 1.62. The summed E-state index contributed by atoms with van der Waals surface area (Å²) in [5.41, 5.74) is 5.91. The molecule has 1 aromatic heterocycles. The van der Waals surface area contributed by atoms with Gasteiger partial charge in [-0.25, -0.2) is 9.97 Å². The zero-order valence-corrected chi connectivity index (χ0v) is 14.5. The number of rotatable bonds is 5. The Hall–Kier alpha value is -3.16. The summed E-state index contributed by atoms with van der Waals surface area (Å²) in [5.74, 6) is 0.656. The van der Waals surface area contributed by atoms with Crippen LogP contribution >= 0.6 is 0 Å². The summed E-state index contributed by atoms with van der Waals surface area (Å²) in [6.45, 7) is 1.45. The van der Waals surface area contributed by atoms with Crippen molar-refractivity contribution in [3.05, 3.63) is 47.9 Å². The first-order valence-electron chi connectivity index (χ1n) is 8.38. The lowest BCUT2D eigenvalue weighted by Gasteiger charge is -2.33. The Bertz CT molecular complexity index is 776. The van der Waals surface area contributed by atoms with Crippen molar-refractivity contribution < 1.29 is 14.3 Å². The number of carbonyl (C=O) groups is 2. The molecule has 8 heteroatoms. The molecule has 0 bridgehead atoms. The molecule has 0 aliphatic carbocycles. The second kappa shape index (κ2) is 7.81. The van der Waals surface area contributed by atoms with Gasteiger partial charge >= 0.3 is 0 Å². The third-order valence-electron chi connectivity index (χ3n) is 4.32. The van der Waals surface area contributed by atoms with Gasteiger partial charge in [0.05, 0.1) is 19.5 Å². The molecule has 1 saturated heterocycles. The van der Waals surface area contributed by atoms with Gasteiger partial charge < -0.3 is 20.7 Å². The fourth-order valence-corrected chi connectivity index (χ4v) is 2.93. The average molecular weight is 355 g/mol. The zero-order chi connectivity index (χ0) is 18.5. The van der Waals surface area contributed by atoms with Gasteiger partial charge in [-0.3, -0.25) is 9.59 Å². The third kappa shape index (κ3) is 4.08. The molecule has 1 aromatic carbocycles. The second-order valence-corrected chi connectivity index (χ2v) is 6.11. The molecule has 0 saturated carbocycles. The van der Waals surface area contributed by atoms with Crippen LogP contribution in [0.2, 0.25) is 0 Å². The van der Waals surface area contributed by atoms with Crippen molar-refractivity contribution in [2.75, 3.05) is 25.1 Å². The number of methoxy groups -OCH3 is 1. The molecule has 0 spiro atoms. The van der Waals surface area contributed by atoms with Crippen LogP contribution in [0.15, 0.2) is 36.7 Å². The molecular weight excluding hydrogens is 334 g/mol. The van der Waals surface area contributed by atoms with Crippen LogP contribution in [0.25, 0.3) is 0 Å². The SMILES string of the molecule is COc1ccc(C(=O)N[C@@H]2CCCN(c3cnc(C(N)=O)cn3)C2)cc1. The predicted octanol–water partition coefficient (Wildman–Crippen LogP) is 0.983. The summed E-state index contributed by atoms with van der Waals surface area (Å²) in [6.07, 6.45) is 4.73. The van der Waals surface area contributed by atoms with E-state index in [0.29, 0.717) is 23.7 Å². The summed E-state index contributed by atoms with van der Waals surface area (Å²) in [4.78, 5) is 33.8. The zero-order valence-electron chi connectivity index (χ0n) is 14.5. The Kier molecular flexibility index (Phi) is 5.31. The highest BCUT2D eigenvalue weighted by Gasteiger charge is 2.23. The lowest BCUT2D eigenvalue weighted by atomic mass is 10.0. The number of ether oxygens (including phenoxy) is 1. The largest absolute Gasteiger partial charge is 0.497 e. The molecule has 2 amide bonds. The molecule has 3 N–H and O–H groups in total. The molecular formula is C18H21N5O3. The van der Waals surface area contributed by atoms with Crippen molar-refractivity contribution in [3.8, 4) is 5.75 Å². The van der Waals surface area contributed by atoms with Crippen LogP contribution in [0.5, 0.6) is 5.75 Å². The summed E-state index contributed by atoms with van der Waals surface area (Å²) in [5, 5.41) is 3.06. The first-order chi connectivity index (χ1) is 12.6. The quantitative estimate of drug-likeness (QED) is 0.827. The Morgan fingerprint density at radius 3 is 2.62 bits per heavy atom. The highest BCUT2D eigenvalue weighted by Crippen LogP contribution is 2.18. The monoisotopic (exact) mass is 355 g/mol. The minimum atomic E-state index is -0.604.